The molecule has 0 amide bonds. The molecule has 0 radical (unpaired) electrons. The summed E-state index contributed by atoms with van der Waals surface area (Å²) in [6, 6.07) is 0. The molecule has 4 aliphatic carbocycles. The number of ketones is 1. The van der Waals surface area contributed by atoms with E-state index in [2.05, 4.69) is 13.8 Å². The molecule has 4 saturated carbocycles. The Morgan fingerprint density at radius 1 is 1.06 bits per heavy atom. The number of aliphatic hydroxyl groups excluding tert-OH is 1. The second-order valence-electron chi connectivity index (χ2n) is 6.72. The number of hydrogen-bond donors (Lipinski definition) is 1. The predicted octanol–water partition coefficient (Wildman–Crippen LogP) is 3.03. The molecule has 18 heavy (non-hydrogen) atoms. The minimum atomic E-state index is 0.0694. The molecule has 0 saturated heterocycles. The van der Waals surface area contributed by atoms with Gasteiger partial charge in [0, 0.05) is 12.3 Å². The van der Waals surface area contributed by atoms with Crippen LogP contribution < -0.4 is 0 Å². The van der Waals surface area contributed by atoms with Gasteiger partial charge in [-0.3, -0.25) is 4.79 Å². The van der Waals surface area contributed by atoms with Crippen LogP contribution in [0.1, 0.15) is 52.4 Å². The van der Waals surface area contributed by atoms with Gasteiger partial charge >= 0.3 is 0 Å². The van der Waals surface area contributed by atoms with Gasteiger partial charge in [0.2, 0.25) is 0 Å². The molecule has 0 heterocycles. The third-order valence-electron chi connectivity index (χ3n) is 6.01. The van der Waals surface area contributed by atoms with E-state index in [9.17, 15) is 9.90 Å². The van der Waals surface area contributed by atoms with Gasteiger partial charge in [-0.2, -0.15) is 0 Å². The van der Waals surface area contributed by atoms with Gasteiger partial charge in [-0.1, -0.05) is 26.7 Å². The average molecular weight is 250 g/mol. The largest absolute Gasteiger partial charge is 0.393 e. The molecular weight excluding hydrogens is 224 g/mol. The molecule has 0 aromatic heterocycles. The summed E-state index contributed by atoms with van der Waals surface area (Å²) in [5.74, 6) is 5.23. The Morgan fingerprint density at radius 3 is 2.11 bits per heavy atom. The van der Waals surface area contributed by atoms with Gasteiger partial charge in [0.25, 0.3) is 0 Å². The Morgan fingerprint density at radius 2 is 1.78 bits per heavy atom. The van der Waals surface area contributed by atoms with Crippen molar-refractivity contribution in [3.63, 3.8) is 0 Å². The van der Waals surface area contributed by atoms with Crippen LogP contribution in [0.2, 0.25) is 0 Å². The molecule has 0 spiro atoms. The number of aliphatic hydroxyl groups is 1. The van der Waals surface area contributed by atoms with Gasteiger partial charge in [-0.05, 0) is 48.9 Å². The lowest BCUT2D eigenvalue weighted by Gasteiger charge is -2.04. The maximum atomic E-state index is 11.0. The predicted molar refractivity (Wildman–Crippen MR) is 71.0 cm³/mol. The highest BCUT2D eigenvalue weighted by atomic mass is 16.3. The van der Waals surface area contributed by atoms with Crippen molar-refractivity contribution in [1.82, 2.24) is 0 Å². The first-order chi connectivity index (χ1) is 8.69. The monoisotopic (exact) mass is 250 g/mol. The molecule has 0 bridgehead atoms. The standard InChI is InChI=1S/C8H14O.C8H12O/c2*1-2-5-6-3-4-7(9)8(5)6/h5-9H,2-4H2,1H3;5-6,8H,2-4H2,1H3/t5-,6+,7-,8-;5-,6+,8-/m11/s1. The van der Waals surface area contributed by atoms with Crippen LogP contribution in [0.25, 0.3) is 0 Å². The summed E-state index contributed by atoms with van der Waals surface area (Å²) in [7, 11) is 0. The lowest BCUT2D eigenvalue weighted by molar-refractivity contribution is -0.119. The van der Waals surface area contributed by atoms with Crippen molar-refractivity contribution < 1.29 is 9.90 Å². The van der Waals surface area contributed by atoms with Crippen molar-refractivity contribution >= 4 is 5.78 Å². The zero-order chi connectivity index (χ0) is 12.9. The summed E-state index contributed by atoms with van der Waals surface area (Å²) in [6.45, 7) is 4.42. The first-order valence-corrected chi connectivity index (χ1v) is 7.89. The van der Waals surface area contributed by atoms with E-state index < -0.39 is 0 Å². The fourth-order valence-electron chi connectivity index (χ4n) is 4.93. The molecule has 2 nitrogen and oxygen atoms in total. The molecule has 4 rings (SSSR count). The van der Waals surface area contributed by atoms with Crippen molar-refractivity contribution in [2.45, 2.75) is 58.5 Å². The van der Waals surface area contributed by atoms with Gasteiger partial charge in [-0.25, -0.2) is 0 Å². The van der Waals surface area contributed by atoms with E-state index in [0.717, 1.165) is 42.4 Å². The van der Waals surface area contributed by atoms with Gasteiger partial charge in [0.05, 0.1) is 6.10 Å². The normalized spacial score (nSPS) is 51.3. The zero-order valence-electron chi connectivity index (χ0n) is 11.6. The van der Waals surface area contributed by atoms with Crippen LogP contribution in [0, 0.1) is 35.5 Å². The van der Waals surface area contributed by atoms with E-state index in [1.54, 1.807) is 0 Å². The number of fused-ring (bicyclic) bond motifs is 2. The van der Waals surface area contributed by atoms with Crippen LogP contribution in [-0.2, 0) is 4.79 Å². The summed E-state index contributed by atoms with van der Waals surface area (Å²) in [4.78, 5) is 11.0. The van der Waals surface area contributed by atoms with Crippen LogP contribution in [0.3, 0.4) is 0 Å². The Labute approximate surface area is 110 Å². The summed E-state index contributed by atoms with van der Waals surface area (Å²) in [6.07, 6.45) is 7.03. The highest BCUT2D eigenvalue weighted by molar-refractivity contribution is 5.87. The fraction of sp³-hybridized carbons (Fsp3) is 0.938. The van der Waals surface area contributed by atoms with Crippen LogP contribution in [0.4, 0.5) is 0 Å². The summed E-state index contributed by atoms with van der Waals surface area (Å²) in [5, 5.41) is 9.34. The van der Waals surface area contributed by atoms with Crippen molar-refractivity contribution in [3.8, 4) is 0 Å². The van der Waals surface area contributed by atoms with E-state index in [1.165, 1.54) is 25.7 Å². The third-order valence-corrected chi connectivity index (χ3v) is 6.01. The molecule has 0 aromatic carbocycles. The lowest BCUT2D eigenvalue weighted by Crippen LogP contribution is -2.06. The van der Waals surface area contributed by atoms with Crippen molar-refractivity contribution in [2.75, 3.05) is 0 Å². The highest BCUT2D eigenvalue weighted by Crippen LogP contribution is 2.59. The van der Waals surface area contributed by atoms with Crippen molar-refractivity contribution in [2.24, 2.45) is 35.5 Å². The number of Topliss-reactive ketones (excluding diaryl/α,β-unsaturated/α-hetero) is 1. The molecule has 1 N–H and O–H groups in total. The molecular formula is C16H26O2. The van der Waals surface area contributed by atoms with Gasteiger partial charge in [0.1, 0.15) is 5.78 Å². The van der Waals surface area contributed by atoms with Crippen LogP contribution in [0.15, 0.2) is 0 Å². The minimum absolute atomic E-state index is 0.0694. The maximum Gasteiger partial charge on any atom is 0.136 e. The first kappa shape index (κ1) is 12.7. The number of hydrogen-bond acceptors (Lipinski definition) is 2. The zero-order valence-corrected chi connectivity index (χ0v) is 11.6. The van der Waals surface area contributed by atoms with E-state index >= 15 is 0 Å². The Kier molecular flexibility index (Phi) is 3.25. The third kappa shape index (κ3) is 1.93. The summed E-state index contributed by atoms with van der Waals surface area (Å²) < 4.78 is 0. The molecule has 2 heteroatoms. The second kappa shape index (κ2) is 4.63. The average Bonchev–Trinajstić information content (AvgIpc) is 3.20. The molecule has 7 atom stereocenters. The highest BCUT2D eigenvalue weighted by Gasteiger charge is 2.56. The molecule has 102 valence electrons. The Bertz CT molecular complexity index is 330. The smallest absolute Gasteiger partial charge is 0.136 e. The Hall–Kier alpha value is -0.370. The molecule has 0 aliphatic heterocycles. The SMILES string of the molecule is CC[C@@H]1[C@@H]2CCC(=O)[C@H]12.CC[C@@H]1[C@@H]2CC[C@@H](O)[C@H]12. The van der Waals surface area contributed by atoms with Gasteiger partial charge < -0.3 is 5.11 Å². The molecule has 0 unspecified atom stereocenters. The molecule has 0 aromatic rings. The first-order valence-electron chi connectivity index (χ1n) is 7.89. The molecule has 4 fully saturated rings. The van der Waals surface area contributed by atoms with Crippen LogP contribution in [-0.4, -0.2) is 17.0 Å². The van der Waals surface area contributed by atoms with Gasteiger partial charge in [0.15, 0.2) is 0 Å². The maximum absolute atomic E-state index is 11.0. The Balaban J connectivity index is 0.000000111. The van der Waals surface area contributed by atoms with E-state index in [4.69, 9.17) is 0 Å². The number of carbonyl (C=O) groups excluding carboxylic acids is 1. The fourth-order valence-corrected chi connectivity index (χ4v) is 4.93. The van der Waals surface area contributed by atoms with E-state index in [0.29, 0.717) is 11.7 Å². The number of rotatable bonds is 2. The van der Waals surface area contributed by atoms with E-state index in [1.807, 2.05) is 0 Å². The summed E-state index contributed by atoms with van der Waals surface area (Å²) in [5.41, 5.74) is 0. The number of carbonyl (C=O) groups is 1. The topological polar surface area (TPSA) is 37.3 Å². The van der Waals surface area contributed by atoms with E-state index in [-0.39, 0.29) is 6.10 Å². The van der Waals surface area contributed by atoms with Crippen molar-refractivity contribution in [1.29, 1.82) is 0 Å². The van der Waals surface area contributed by atoms with Crippen LogP contribution in [0.5, 0.6) is 0 Å². The molecule has 4 aliphatic rings. The van der Waals surface area contributed by atoms with Crippen molar-refractivity contribution in [3.05, 3.63) is 0 Å². The van der Waals surface area contributed by atoms with Gasteiger partial charge in [-0.15, -0.1) is 0 Å². The second-order valence-corrected chi connectivity index (χ2v) is 6.72. The summed E-state index contributed by atoms with van der Waals surface area (Å²) >= 11 is 0. The van der Waals surface area contributed by atoms with Crippen LogP contribution >= 0.6 is 0 Å². The lowest BCUT2D eigenvalue weighted by atomic mass is 10.1. The minimum Gasteiger partial charge on any atom is -0.393 e. The quantitative estimate of drug-likeness (QED) is 0.818.